The van der Waals surface area contributed by atoms with E-state index >= 15 is 0 Å². The Morgan fingerprint density at radius 3 is 2.88 bits per heavy atom. The average Bonchev–Trinajstić information content (AvgIpc) is 3.02. The first-order valence-electron chi connectivity index (χ1n) is 9.39. The van der Waals surface area contributed by atoms with Crippen LogP contribution in [0.15, 0.2) is 47.7 Å². The minimum atomic E-state index is -0.210. The molecular formula is C22H23FN2. The van der Waals surface area contributed by atoms with Gasteiger partial charge in [0.05, 0.1) is 17.6 Å². The molecule has 25 heavy (non-hydrogen) atoms. The van der Waals surface area contributed by atoms with E-state index in [1.165, 1.54) is 55.5 Å². The molecule has 1 fully saturated rings. The Labute approximate surface area is 148 Å². The van der Waals surface area contributed by atoms with Gasteiger partial charge in [-0.3, -0.25) is 0 Å². The van der Waals surface area contributed by atoms with Crippen molar-refractivity contribution in [3.63, 3.8) is 0 Å². The minimum absolute atomic E-state index is 0.174. The number of rotatable bonds is 1. The van der Waals surface area contributed by atoms with Gasteiger partial charge in [-0.25, -0.2) is 9.07 Å². The molecule has 3 aliphatic rings. The molecule has 3 heteroatoms. The van der Waals surface area contributed by atoms with Crippen LogP contribution < -0.4 is 0 Å². The molecule has 128 valence electrons. The molecular weight excluding hydrogens is 311 g/mol. The van der Waals surface area contributed by atoms with Crippen molar-refractivity contribution in [2.45, 2.75) is 45.4 Å². The number of fused-ring (bicyclic) bond motifs is 4. The molecule has 0 bridgehead atoms. The van der Waals surface area contributed by atoms with Crippen molar-refractivity contribution < 1.29 is 4.39 Å². The van der Waals surface area contributed by atoms with Gasteiger partial charge in [0, 0.05) is 5.41 Å². The Morgan fingerprint density at radius 2 is 2.04 bits per heavy atom. The normalized spacial score (nSPS) is 27.7. The molecule has 1 heterocycles. The third-order valence-electron chi connectivity index (χ3n) is 6.48. The molecule has 3 aliphatic carbocycles. The van der Waals surface area contributed by atoms with E-state index in [4.69, 9.17) is 0 Å². The number of allylic oxidation sites excluding steroid dienone is 3. The summed E-state index contributed by atoms with van der Waals surface area (Å²) in [6, 6.07) is 6.61. The smallest absolute Gasteiger partial charge is 0.123 e. The van der Waals surface area contributed by atoms with E-state index < -0.39 is 0 Å². The van der Waals surface area contributed by atoms with Gasteiger partial charge in [-0.05, 0) is 80.3 Å². The minimum Gasteiger partial charge on any atom is -0.233 e. The molecule has 0 spiro atoms. The number of aromatic nitrogens is 2. The van der Waals surface area contributed by atoms with Crippen LogP contribution in [-0.4, -0.2) is 9.78 Å². The van der Waals surface area contributed by atoms with Crippen molar-refractivity contribution in [1.82, 2.24) is 9.78 Å². The maximum Gasteiger partial charge on any atom is 0.123 e. The Balaban J connectivity index is 1.60. The molecule has 0 N–H and O–H groups in total. The van der Waals surface area contributed by atoms with Gasteiger partial charge in [-0.15, -0.1) is 0 Å². The van der Waals surface area contributed by atoms with Gasteiger partial charge in [0.2, 0.25) is 0 Å². The maximum absolute atomic E-state index is 13.2. The van der Waals surface area contributed by atoms with Crippen LogP contribution in [0.5, 0.6) is 0 Å². The summed E-state index contributed by atoms with van der Waals surface area (Å²) in [7, 11) is 0. The van der Waals surface area contributed by atoms with E-state index in [9.17, 15) is 4.39 Å². The second-order valence-corrected chi connectivity index (χ2v) is 7.95. The van der Waals surface area contributed by atoms with Gasteiger partial charge < -0.3 is 0 Å². The lowest BCUT2D eigenvalue weighted by Gasteiger charge is -2.47. The van der Waals surface area contributed by atoms with E-state index in [2.05, 4.69) is 24.2 Å². The van der Waals surface area contributed by atoms with Crippen molar-refractivity contribution in [3.05, 3.63) is 64.8 Å². The monoisotopic (exact) mass is 334 g/mol. The number of hydrogen-bond acceptors (Lipinski definition) is 1. The molecule has 2 aromatic rings. The molecule has 2 atom stereocenters. The number of benzene rings is 1. The Morgan fingerprint density at radius 1 is 1.20 bits per heavy atom. The van der Waals surface area contributed by atoms with Gasteiger partial charge in [-0.1, -0.05) is 24.1 Å². The predicted octanol–water partition coefficient (Wildman–Crippen LogP) is 5.48. The summed E-state index contributed by atoms with van der Waals surface area (Å²) in [5, 5.41) is 4.62. The summed E-state index contributed by atoms with van der Waals surface area (Å²) in [6.07, 6.45) is 14.3. The van der Waals surface area contributed by atoms with E-state index in [0.29, 0.717) is 0 Å². The summed E-state index contributed by atoms with van der Waals surface area (Å²) in [6.45, 7) is 2.43. The largest absolute Gasteiger partial charge is 0.233 e. The van der Waals surface area contributed by atoms with Crippen molar-refractivity contribution in [2.24, 2.45) is 11.3 Å². The Kier molecular flexibility index (Phi) is 3.28. The van der Waals surface area contributed by atoms with E-state index in [0.717, 1.165) is 18.0 Å². The summed E-state index contributed by atoms with van der Waals surface area (Å²) in [5.74, 6) is 0.572. The maximum atomic E-state index is 13.2. The highest BCUT2D eigenvalue weighted by atomic mass is 19.1. The lowest BCUT2D eigenvalue weighted by Crippen LogP contribution is -2.36. The van der Waals surface area contributed by atoms with Crippen molar-refractivity contribution in [3.8, 4) is 5.69 Å². The topological polar surface area (TPSA) is 17.8 Å². The van der Waals surface area contributed by atoms with E-state index in [1.807, 2.05) is 10.9 Å². The van der Waals surface area contributed by atoms with Crippen LogP contribution in [0.1, 0.15) is 50.3 Å². The Bertz CT molecular complexity index is 887. The highest BCUT2D eigenvalue weighted by Crippen LogP contribution is 2.55. The fourth-order valence-corrected chi connectivity index (χ4v) is 5.17. The molecule has 1 saturated carbocycles. The van der Waals surface area contributed by atoms with Gasteiger partial charge in [0.25, 0.3) is 0 Å². The van der Waals surface area contributed by atoms with Crippen molar-refractivity contribution in [2.75, 3.05) is 0 Å². The first-order chi connectivity index (χ1) is 12.1. The quantitative estimate of drug-likeness (QED) is 0.632. The molecule has 0 amide bonds. The first kappa shape index (κ1) is 15.1. The Hall–Kier alpha value is -2.16. The van der Waals surface area contributed by atoms with Crippen LogP contribution in [-0.2, 0) is 6.42 Å². The zero-order chi connectivity index (χ0) is 17.0. The second-order valence-electron chi connectivity index (χ2n) is 7.95. The first-order valence-corrected chi connectivity index (χ1v) is 9.39. The SMILES string of the molecule is C[C@]12Cc3cnn(-c4ccc(F)cc4)c3C=C1CCC1CCCC=C12. The third-order valence-corrected chi connectivity index (χ3v) is 6.48. The number of halogens is 1. The highest BCUT2D eigenvalue weighted by Gasteiger charge is 2.43. The van der Waals surface area contributed by atoms with E-state index in [-0.39, 0.29) is 11.2 Å². The summed E-state index contributed by atoms with van der Waals surface area (Å²) in [5.41, 5.74) is 6.81. The molecule has 1 aromatic carbocycles. The van der Waals surface area contributed by atoms with Crippen molar-refractivity contribution in [1.29, 1.82) is 0 Å². The van der Waals surface area contributed by atoms with Crippen LogP contribution in [0.25, 0.3) is 11.8 Å². The lowest BCUT2D eigenvalue weighted by atomic mass is 9.57. The van der Waals surface area contributed by atoms with Gasteiger partial charge in [-0.2, -0.15) is 5.10 Å². The number of hydrogen-bond donors (Lipinski definition) is 0. The molecule has 1 aromatic heterocycles. The van der Waals surface area contributed by atoms with Crippen LogP contribution in [0.3, 0.4) is 0 Å². The van der Waals surface area contributed by atoms with Crippen LogP contribution in [0.2, 0.25) is 0 Å². The fourth-order valence-electron chi connectivity index (χ4n) is 5.17. The summed E-state index contributed by atoms with van der Waals surface area (Å²) < 4.78 is 15.2. The average molecular weight is 334 g/mol. The zero-order valence-corrected chi connectivity index (χ0v) is 14.6. The predicted molar refractivity (Wildman–Crippen MR) is 98.0 cm³/mol. The highest BCUT2D eigenvalue weighted by molar-refractivity contribution is 5.63. The third kappa shape index (κ3) is 2.25. The molecule has 1 unspecified atom stereocenters. The van der Waals surface area contributed by atoms with Crippen LogP contribution >= 0.6 is 0 Å². The second kappa shape index (κ2) is 5.42. The van der Waals surface area contributed by atoms with Crippen LogP contribution in [0, 0.1) is 17.2 Å². The summed E-state index contributed by atoms with van der Waals surface area (Å²) >= 11 is 0. The fraction of sp³-hybridized carbons (Fsp3) is 0.409. The van der Waals surface area contributed by atoms with E-state index in [1.54, 1.807) is 23.3 Å². The zero-order valence-electron chi connectivity index (χ0n) is 14.6. The van der Waals surface area contributed by atoms with Crippen molar-refractivity contribution >= 4 is 6.08 Å². The van der Waals surface area contributed by atoms with Gasteiger partial charge >= 0.3 is 0 Å². The summed E-state index contributed by atoms with van der Waals surface area (Å²) in [4.78, 5) is 0. The lowest BCUT2D eigenvalue weighted by molar-refractivity contribution is 0.307. The van der Waals surface area contributed by atoms with Crippen LogP contribution in [0.4, 0.5) is 4.39 Å². The molecule has 2 nitrogen and oxygen atoms in total. The van der Waals surface area contributed by atoms with Gasteiger partial charge in [0.1, 0.15) is 5.82 Å². The number of nitrogens with zero attached hydrogens (tertiary/aromatic N) is 2. The molecule has 0 saturated heterocycles. The molecule has 0 aliphatic heterocycles. The van der Waals surface area contributed by atoms with Gasteiger partial charge in [0.15, 0.2) is 0 Å². The standard InChI is InChI=1S/C22H23FN2/c1-22-13-16-14-24-25(19-10-8-18(23)9-11-19)21(16)12-17(22)7-6-15-4-2-3-5-20(15)22/h5,8-12,14-15H,2-4,6-7,13H2,1H3/t15?,22-/m0/s1. The molecule has 5 rings (SSSR count). The molecule has 0 radical (unpaired) electrons.